The molecule has 2 aromatic rings. The number of alkyl halides is 3. The molecule has 0 unspecified atom stereocenters. The van der Waals surface area contributed by atoms with Crippen LogP contribution in [0.2, 0.25) is 0 Å². The van der Waals surface area contributed by atoms with Crippen molar-refractivity contribution in [1.29, 1.82) is 0 Å². The van der Waals surface area contributed by atoms with Crippen molar-refractivity contribution < 1.29 is 27.5 Å². The van der Waals surface area contributed by atoms with Gasteiger partial charge in [-0.1, -0.05) is 25.1 Å². The molecule has 0 bridgehead atoms. The molecule has 8 heteroatoms. The van der Waals surface area contributed by atoms with Crippen LogP contribution in [0.3, 0.4) is 0 Å². The second-order valence-electron chi connectivity index (χ2n) is 7.10. The Labute approximate surface area is 167 Å². The first-order chi connectivity index (χ1) is 13.5. The fraction of sp³-hybridized carbons (Fsp3) is 0.333. The molecule has 0 saturated heterocycles. The lowest BCUT2D eigenvalue weighted by Gasteiger charge is -2.25. The highest BCUT2D eigenvalue weighted by Gasteiger charge is 2.30. The third-order valence-corrected chi connectivity index (χ3v) is 4.30. The van der Waals surface area contributed by atoms with Gasteiger partial charge in [0.15, 0.2) is 6.61 Å². The lowest BCUT2D eigenvalue weighted by atomic mass is 10.0. The Morgan fingerprint density at radius 1 is 1.03 bits per heavy atom. The van der Waals surface area contributed by atoms with Crippen LogP contribution >= 0.6 is 0 Å². The summed E-state index contributed by atoms with van der Waals surface area (Å²) in [5.41, 5.74) is -1.01. The molecule has 0 aromatic heterocycles. The van der Waals surface area contributed by atoms with E-state index in [4.69, 9.17) is 4.74 Å². The third-order valence-electron chi connectivity index (χ3n) is 4.30. The van der Waals surface area contributed by atoms with Crippen molar-refractivity contribution in [1.82, 2.24) is 5.32 Å². The molecule has 0 aliphatic heterocycles. The van der Waals surface area contributed by atoms with Crippen LogP contribution in [0.4, 0.5) is 18.9 Å². The number of hydrogen-bond donors (Lipinski definition) is 2. The Morgan fingerprint density at radius 3 is 2.38 bits per heavy atom. The number of rotatable bonds is 7. The largest absolute Gasteiger partial charge is 0.483 e. The summed E-state index contributed by atoms with van der Waals surface area (Å²) in [7, 11) is 0. The molecule has 29 heavy (non-hydrogen) atoms. The number of benzene rings is 2. The molecular weight excluding hydrogens is 385 g/mol. The number of hydrogen-bond acceptors (Lipinski definition) is 3. The fourth-order valence-electron chi connectivity index (χ4n) is 2.36. The molecular formula is C21H23F3N2O3. The summed E-state index contributed by atoms with van der Waals surface area (Å²) in [4.78, 5) is 24.6. The third kappa shape index (κ3) is 6.51. The van der Waals surface area contributed by atoms with E-state index in [-0.39, 0.29) is 22.9 Å². The predicted molar refractivity (Wildman–Crippen MR) is 104 cm³/mol. The summed E-state index contributed by atoms with van der Waals surface area (Å²) in [6.45, 7) is 5.26. The van der Waals surface area contributed by atoms with Crippen molar-refractivity contribution in [3.8, 4) is 5.75 Å². The van der Waals surface area contributed by atoms with Crippen LogP contribution in [0, 0.1) is 0 Å². The van der Waals surface area contributed by atoms with E-state index in [9.17, 15) is 22.8 Å². The van der Waals surface area contributed by atoms with Crippen molar-refractivity contribution in [2.24, 2.45) is 0 Å². The van der Waals surface area contributed by atoms with Crippen LogP contribution in [0.5, 0.6) is 5.75 Å². The number of carbonyl (C=O) groups excluding carboxylic acids is 2. The van der Waals surface area contributed by atoms with Gasteiger partial charge in [0, 0.05) is 11.2 Å². The van der Waals surface area contributed by atoms with Crippen LogP contribution in [-0.2, 0) is 11.0 Å². The van der Waals surface area contributed by atoms with Crippen LogP contribution in [0.15, 0.2) is 48.5 Å². The van der Waals surface area contributed by atoms with Crippen molar-refractivity contribution in [2.45, 2.75) is 38.9 Å². The van der Waals surface area contributed by atoms with Crippen molar-refractivity contribution in [3.63, 3.8) is 0 Å². The van der Waals surface area contributed by atoms with Gasteiger partial charge in [-0.15, -0.1) is 0 Å². The summed E-state index contributed by atoms with van der Waals surface area (Å²) in [6, 6.07) is 10.7. The van der Waals surface area contributed by atoms with Gasteiger partial charge in [0.1, 0.15) is 5.75 Å². The zero-order valence-electron chi connectivity index (χ0n) is 16.4. The van der Waals surface area contributed by atoms with E-state index in [1.807, 2.05) is 20.8 Å². The number of amides is 2. The Bertz CT molecular complexity index is 879. The SMILES string of the molecule is CCC(C)(C)NC(=O)c1ccccc1OCC(=O)Nc1cccc(C(F)(F)F)c1. The number of ether oxygens (including phenoxy) is 1. The molecule has 0 spiro atoms. The number of nitrogens with one attached hydrogen (secondary N) is 2. The normalized spacial score (nSPS) is 11.7. The van der Waals surface area contributed by atoms with E-state index in [1.54, 1.807) is 24.3 Å². The van der Waals surface area contributed by atoms with Gasteiger partial charge in [-0.2, -0.15) is 13.2 Å². The van der Waals surface area contributed by atoms with Crippen LogP contribution < -0.4 is 15.4 Å². The summed E-state index contributed by atoms with van der Waals surface area (Å²) in [5.74, 6) is -0.782. The van der Waals surface area contributed by atoms with Gasteiger partial charge >= 0.3 is 6.18 Å². The van der Waals surface area contributed by atoms with E-state index in [0.29, 0.717) is 0 Å². The Morgan fingerprint density at radius 2 is 1.72 bits per heavy atom. The molecule has 0 radical (unpaired) electrons. The van der Waals surface area contributed by atoms with Gasteiger partial charge < -0.3 is 15.4 Å². The lowest BCUT2D eigenvalue weighted by molar-refractivity contribution is -0.137. The molecule has 0 fully saturated rings. The van der Waals surface area contributed by atoms with Gasteiger partial charge in [-0.25, -0.2) is 0 Å². The standard InChI is InChI=1S/C21H23F3N2O3/c1-4-20(2,3)26-19(28)16-10-5-6-11-17(16)29-13-18(27)25-15-9-7-8-14(12-15)21(22,23)24/h5-12H,4,13H2,1-3H3,(H,25,27)(H,26,28). The molecule has 156 valence electrons. The van der Waals surface area contributed by atoms with E-state index < -0.39 is 29.8 Å². The molecule has 2 amide bonds. The van der Waals surface area contributed by atoms with Crippen LogP contribution in [0.1, 0.15) is 43.1 Å². The molecule has 2 rings (SSSR count). The molecule has 0 aliphatic rings. The average molecular weight is 408 g/mol. The van der Waals surface area contributed by atoms with Crippen molar-refractivity contribution in [2.75, 3.05) is 11.9 Å². The second kappa shape index (κ2) is 8.98. The summed E-state index contributed by atoms with van der Waals surface area (Å²) in [6.07, 6.45) is -3.78. The molecule has 2 N–H and O–H groups in total. The molecule has 5 nitrogen and oxygen atoms in total. The minimum absolute atomic E-state index is 0.00384. The molecule has 2 aromatic carbocycles. The molecule has 0 atom stereocenters. The van der Waals surface area contributed by atoms with Gasteiger partial charge in [0.25, 0.3) is 11.8 Å². The predicted octanol–water partition coefficient (Wildman–Crippen LogP) is 4.64. The van der Waals surface area contributed by atoms with E-state index in [2.05, 4.69) is 10.6 Å². The lowest BCUT2D eigenvalue weighted by Crippen LogP contribution is -2.42. The van der Waals surface area contributed by atoms with Crippen LogP contribution in [-0.4, -0.2) is 24.0 Å². The minimum atomic E-state index is -4.50. The second-order valence-corrected chi connectivity index (χ2v) is 7.10. The molecule has 0 aliphatic carbocycles. The van der Waals surface area contributed by atoms with Gasteiger partial charge in [-0.05, 0) is 50.6 Å². The topological polar surface area (TPSA) is 67.4 Å². The molecule has 0 heterocycles. The highest BCUT2D eigenvalue weighted by atomic mass is 19.4. The number of halogens is 3. The first kappa shape index (κ1) is 22.3. The average Bonchev–Trinajstić information content (AvgIpc) is 2.66. The Balaban J connectivity index is 2.03. The van der Waals surface area contributed by atoms with Crippen molar-refractivity contribution in [3.05, 3.63) is 59.7 Å². The van der Waals surface area contributed by atoms with E-state index in [0.717, 1.165) is 18.6 Å². The van der Waals surface area contributed by atoms with Gasteiger partial charge in [-0.3, -0.25) is 9.59 Å². The highest BCUT2D eigenvalue weighted by molar-refractivity contribution is 5.97. The summed E-state index contributed by atoms with van der Waals surface area (Å²) < 4.78 is 43.7. The minimum Gasteiger partial charge on any atom is -0.483 e. The van der Waals surface area contributed by atoms with Gasteiger partial charge in [0.05, 0.1) is 11.1 Å². The maximum Gasteiger partial charge on any atom is 0.416 e. The first-order valence-electron chi connectivity index (χ1n) is 9.03. The fourth-order valence-corrected chi connectivity index (χ4v) is 2.36. The maximum absolute atomic E-state index is 12.8. The first-order valence-corrected chi connectivity index (χ1v) is 9.03. The number of para-hydroxylation sites is 1. The van der Waals surface area contributed by atoms with E-state index in [1.165, 1.54) is 12.1 Å². The van der Waals surface area contributed by atoms with E-state index >= 15 is 0 Å². The Hall–Kier alpha value is -3.03. The maximum atomic E-state index is 12.8. The number of anilines is 1. The van der Waals surface area contributed by atoms with Gasteiger partial charge in [0.2, 0.25) is 0 Å². The summed E-state index contributed by atoms with van der Waals surface area (Å²) >= 11 is 0. The quantitative estimate of drug-likeness (QED) is 0.701. The monoisotopic (exact) mass is 408 g/mol. The number of carbonyl (C=O) groups is 2. The highest BCUT2D eigenvalue weighted by Crippen LogP contribution is 2.30. The molecule has 0 saturated carbocycles. The summed E-state index contributed by atoms with van der Waals surface area (Å²) in [5, 5.41) is 5.24. The Kier molecular flexibility index (Phi) is 6.89. The van der Waals surface area contributed by atoms with Crippen LogP contribution in [0.25, 0.3) is 0 Å². The zero-order chi connectivity index (χ0) is 21.7. The zero-order valence-corrected chi connectivity index (χ0v) is 16.4. The van der Waals surface area contributed by atoms with Crippen molar-refractivity contribution >= 4 is 17.5 Å². The smallest absolute Gasteiger partial charge is 0.416 e.